The molecule has 2 aromatic rings. The number of benzene rings is 1. The Kier molecular flexibility index (Phi) is 3.31. The van der Waals surface area contributed by atoms with Crippen molar-refractivity contribution >= 4 is 37.5 Å². The number of aromatic nitrogens is 1. The summed E-state index contributed by atoms with van der Waals surface area (Å²) in [4.78, 5) is -0.0141. The molecular weight excluding hydrogens is 322 g/mol. The molecule has 0 radical (unpaired) electrons. The summed E-state index contributed by atoms with van der Waals surface area (Å²) in [5, 5.41) is 3.59. The standard InChI is InChI=1S/C10H10BrN3O3S/c1-6-4-10(17-13-6)14-18(15,16)9-3-2-7(11)5-8(9)12/h2-5,14H,12H2,1H3. The Morgan fingerprint density at radius 3 is 2.67 bits per heavy atom. The normalized spacial score (nSPS) is 11.4. The molecule has 3 N–H and O–H groups in total. The number of sulfonamides is 1. The van der Waals surface area contributed by atoms with E-state index in [0.29, 0.717) is 10.2 Å². The summed E-state index contributed by atoms with van der Waals surface area (Å²) in [6, 6.07) is 5.99. The number of hydrogen-bond acceptors (Lipinski definition) is 5. The Bertz CT molecular complexity index is 681. The third-order valence-electron chi connectivity index (χ3n) is 2.12. The maximum atomic E-state index is 12.0. The molecule has 0 aliphatic carbocycles. The molecule has 18 heavy (non-hydrogen) atoms. The molecule has 0 atom stereocenters. The van der Waals surface area contributed by atoms with E-state index in [1.54, 1.807) is 13.0 Å². The molecule has 0 fully saturated rings. The first-order chi connectivity index (χ1) is 8.38. The largest absolute Gasteiger partial charge is 0.398 e. The van der Waals surface area contributed by atoms with E-state index in [2.05, 4.69) is 25.8 Å². The zero-order valence-corrected chi connectivity index (χ0v) is 11.7. The van der Waals surface area contributed by atoms with Gasteiger partial charge in [-0.25, -0.2) is 13.1 Å². The van der Waals surface area contributed by atoms with E-state index in [1.807, 2.05) is 0 Å². The summed E-state index contributed by atoms with van der Waals surface area (Å²) in [6.07, 6.45) is 0. The number of nitrogens with zero attached hydrogens (tertiary/aromatic N) is 1. The lowest BCUT2D eigenvalue weighted by Gasteiger charge is -2.07. The number of aryl methyl sites for hydroxylation is 1. The van der Waals surface area contributed by atoms with E-state index >= 15 is 0 Å². The van der Waals surface area contributed by atoms with Gasteiger partial charge in [0.15, 0.2) is 0 Å². The van der Waals surface area contributed by atoms with Gasteiger partial charge >= 0.3 is 0 Å². The first kappa shape index (κ1) is 12.9. The minimum absolute atomic E-state index is 0.0141. The van der Waals surface area contributed by atoms with Crippen LogP contribution < -0.4 is 10.5 Å². The van der Waals surface area contributed by atoms with E-state index < -0.39 is 10.0 Å². The first-order valence-corrected chi connectivity index (χ1v) is 7.17. The second-order valence-corrected chi connectivity index (χ2v) is 6.19. The molecule has 0 bridgehead atoms. The van der Waals surface area contributed by atoms with E-state index in [0.717, 1.165) is 0 Å². The Morgan fingerprint density at radius 2 is 2.11 bits per heavy atom. The van der Waals surface area contributed by atoms with Gasteiger partial charge in [-0.1, -0.05) is 21.1 Å². The molecule has 1 heterocycles. The van der Waals surface area contributed by atoms with Crippen LogP contribution in [0.1, 0.15) is 5.69 Å². The van der Waals surface area contributed by atoms with Crippen LogP contribution in [0.5, 0.6) is 0 Å². The van der Waals surface area contributed by atoms with Crippen LogP contribution in [0.15, 0.2) is 38.2 Å². The van der Waals surface area contributed by atoms with Crippen molar-refractivity contribution in [2.45, 2.75) is 11.8 Å². The van der Waals surface area contributed by atoms with Crippen LogP contribution in [0.4, 0.5) is 11.6 Å². The molecule has 96 valence electrons. The number of nitrogens with one attached hydrogen (secondary N) is 1. The second kappa shape index (κ2) is 4.62. The maximum Gasteiger partial charge on any atom is 0.266 e. The first-order valence-electron chi connectivity index (χ1n) is 4.89. The van der Waals surface area contributed by atoms with Crippen LogP contribution >= 0.6 is 15.9 Å². The Morgan fingerprint density at radius 1 is 1.39 bits per heavy atom. The van der Waals surface area contributed by atoms with Gasteiger partial charge in [0, 0.05) is 10.5 Å². The number of nitrogen functional groups attached to an aromatic ring is 1. The molecule has 0 aliphatic rings. The molecule has 0 amide bonds. The lowest BCUT2D eigenvalue weighted by Crippen LogP contribution is -2.14. The lowest BCUT2D eigenvalue weighted by atomic mass is 10.3. The molecule has 0 saturated carbocycles. The van der Waals surface area contributed by atoms with Crippen LogP contribution in [-0.2, 0) is 10.0 Å². The smallest absolute Gasteiger partial charge is 0.266 e. The highest BCUT2D eigenvalue weighted by Gasteiger charge is 2.19. The van der Waals surface area contributed by atoms with Gasteiger partial charge in [-0.3, -0.25) is 0 Å². The van der Waals surface area contributed by atoms with Gasteiger partial charge in [0.05, 0.1) is 11.4 Å². The summed E-state index contributed by atoms with van der Waals surface area (Å²) in [5.41, 5.74) is 6.40. The van der Waals surface area contributed by atoms with Crippen LogP contribution in [0.25, 0.3) is 0 Å². The van der Waals surface area contributed by atoms with Gasteiger partial charge < -0.3 is 10.3 Å². The highest BCUT2D eigenvalue weighted by molar-refractivity contribution is 9.10. The molecule has 8 heteroatoms. The minimum atomic E-state index is -3.78. The predicted molar refractivity (Wildman–Crippen MR) is 70.6 cm³/mol. The highest BCUT2D eigenvalue weighted by atomic mass is 79.9. The van der Waals surface area contributed by atoms with Crippen molar-refractivity contribution in [1.29, 1.82) is 0 Å². The average molecular weight is 332 g/mol. The van der Waals surface area contributed by atoms with Gasteiger partial charge in [-0.2, -0.15) is 0 Å². The summed E-state index contributed by atoms with van der Waals surface area (Å²) >= 11 is 3.21. The Balaban J connectivity index is 2.36. The van der Waals surface area contributed by atoms with Crippen LogP contribution in [0.3, 0.4) is 0 Å². The molecule has 1 aromatic heterocycles. The molecular formula is C10H10BrN3O3S. The van der Waals surface area contributed by atoms with E-state index in [1.165, 1.54) is 18.2 Å². The minimum Gasteiger partial charge on any atom is -0.398 e. The van der Waals surface area contributed by atoms with Gasteiger partial charge in [0.25, 0.3) is 10.0 Å². The van der Waals surface area contributed by atoms with Gasteiger partial charge in [-0.15, -0.1) is 0 Å². The topological polar surface area (TPSA) is 98.2 Å². The predicted octanol–water partition coefficient (Wildman–Crippen LogP) is 2.13. The fraction of sp³-hybridized carbons (Fsp3) is 0.100. The highest BCUT2D eigenvalue weighted by Crippen LogP contribution is 2.24. The van der Waals surface area contributed by atoms with E-state index in [-0.39, 0.29) is 16.5 Å². The number of hydrogen-bond donors (Lipinski definition) is 2. The molecule has 6 nitrogen and oxygen atoms in total. The van der Waals surface area contributed by atoms with Crippen molar-refractivity contribution in [3.63, 3.8) is 0 Å². The number of nitrogens with two attached hydrogens (primary N) is 1. The fourth-order valence-corrected chi connectivity index (χ4v) is 2.83. The van der Waals surface area contributed by atoms with Crippen molar-refractivity contribution in [3.8, 4) is 0 Å². The monoisotopic (exact) mass is 331 g/mol. The number of anilines is 2. The Hall–Kier alpha value is -1.54. The molecule has 0 unspecified atom stereocenters. The average Bonchev–Trinajstić information content (AvgIpc) is 2.62. The molecule has 2 rings (SSSR count). The third kappa shape index (κ3) is 2.65. The third-order valence-corrected chi connectivity index (χ3v) is 4.04. The summed E-state index contributed by atoms with van der Waals surface area (Å²) in [5.74, 6) is 0.0508. The van der Waals surface area contributed by atoms with Crippen molar-refractivity contribution in [3.05, 3.63) is 34.4 Å². The van der Waals surface area contributed by atoms with Crippen LogP contribution in [0.2, 0.25) is 0 Å². The molecule has 0 aliphatic heterocycles. The van der Waals surface area contributed by atoms with Crippen molar-refractivity contribution in [2.75, 3.05) is 10.5 Å². The molecule has 1 aromatic carbocycles. The quantitative estimate of drug-likeness (QED) is 0.839. The molecule has 0 spiro atoms. The van der Waals surface area contributed by atoms with E-state index in [4.69, 9.17) is 10.3 Å². The lowest BCUT2D eigenvalue weighted by molar-refractivity contribution is 0.430. The zero-order valence-electron chi connectivity index (χ0n) is 9.34. The van der Waals surface area contributed by atoms with Crippen molar-refractivity contribution in [2.24, 2.45) is 0 Å². The van der Waals surface area contributed by atoms with Gasteiger partial charge in [-0.05, 0) is 25.1 Å². The van der Waals surface area contributed by atoms with Crippen molar-refractivity contribution in [1.82, 2.24) is 5.16 Å². The number of rotatable bonds is 3. The van der Waals surface area contributed by atoms with E-state index in [9.17, 15) is 8.42 Å². The van der Waals surface area contributed by atoms with Crippen LogP contribution in [0, 0.1) is 6.92 Å². The van der Waals surface area contributed by atoms with Gasteiger partial charge in [0.2, 0.25) is 5.88 Å². The summed E-state index contributed by atoms with van der Waals surface area (Å²) < 4.78 is 31.9. The van der Waals surface area contributed by atoms with Crippen LogP contribution in [-0.4, -0.2) is 13.6 Å². The zero-order chi connectivity index (χ0) is 13.3. The fourth-order valence-electron chi connectivity index (χ4n) is 1.36. The molecule has 0 saturated heterocycles. The van der Waals surface area contributed by atoms with Gasteiger partial charge in [0.1, 0.15) is 4.90 Å². The SMILES string of the molecule is Cc1cc(NS(=O)(=O)c2ccc(Br)cc2N)on1. The summed E-state index contributed by atoms with van der Waals surface area (Å²) in [6.45, 7) is 1.69. The Labute approximate surface area is 112 Å². The summed E-state index contributed by atoms with van der Waals surface area (Å²) in [7, 11) is -3.78. The van der Waals surface area contributed by atoms with Crippen molar-refractivity contribution < 1.29 is 12.9 Å². The second-order valence-electron chi connectivity index (χ2n) is 3.62. The maximum absolute atomic E-state index is 12.0. The number of halogens is 1.